The summed E-state index contributed by atoms with van der Waals surface area (Å²) < 4.78 is 0. The zero-order chi connectivity index (χ0) is 15.0. The van der Waals surface area contributed by atoms with Crippen molar-refractivity contribution in [2.45, 2.75) is 25.8 Å². The number of benzene rings is 2. The Balaban J connectivity index is 2.31. The van der Waals surface area contributed by atoms with E-state index in [4.69, 9.17) is 11.6 Å². The van der Waals surface area contributed by atoms with Gasteiger partial charge in [0.25, 0.3) is 0 Å². The van der Waals surface area contributed by atoms with E-state index in [-0.39, 0.29) is 0 Å². The fraction of sp³-hybridized carbons (Fsp3) is 0.263. The number of hydrogen-bond acceptors (Lipinski definition) is 0. The van der Waals surface area contributed by atoms with Crippen LogP contribution in [0.3, 0.4) is 0 Å². The van der Waals surface area contributed by atoms with Crippen LogP contribution in [0.4, 0.5) is 0 Å². The van der Waals surface area contributed by atoms with Gasteiger partial charge in [0.2, 0.25) is 0 Å². The van der Waals surface area contributed by atoms with E-state index in [0.29, 0.717) is 0 Å². The Morgan fingerprint density at radius 3 is 1.86 bits per heavy atom. The highest BCUT2D eigenvalue weighted by Gasteiger charge is 2.29. The molecule has 0 aliphatic carbocycles. The van der Waals surface area contributed by atoms with Gasteiger partial charge in [-0.1, -0.05) is 67.2 Å². The molecule has 0 atom stereocenters. The fourth-order valence-corrected chi connectivity index (χ4v) is 5.41. The van der Waals surface area contributed by atoms with Crippen molar-refractivity contribution in [1.82, 2.24) is 0 Å². The molecule has 0 aliphatic heterocycles. The summed E-state index contributed by atoms with van der Waals surface area (Å²) in [6.45, 7) is 2.34. The van der Waals surface area contributed by atoms with Gasteiger partial charge in [-0.2, -0.15) is 0 Å². The Hall–Kier alpha value is -1.49. The normalized spacial score (nSPS) is 10.8. The highest BCUT2D eigenvalue weighted by Crippen LogP contribution is 2.05. The molecule has 0 amide bonds. The second-order valence-electron chi connectivity index (χ2n) is 5.30. The van der Waals surface area contributed by atoms with Crippen LogP contribution >= 0.6 is 11.6 Å². The van der Waals surface area contributed by atoms with Crippen LogP contribution in [0.5, 0.6) is 0 Å². The van der Waals surface area contributed by atoms with E-state index >= 15 is 0 Å². The number of alkyl halides is 1. The summed E-state index contributed by atoms with van der Waals surface area (Å²) in [6, 6.07) is 21.4. The average Bonchev–Trinajstić information content (AvgIpc) is 2.56. The van der Waals surface area contributed by atoms with Gasteiger partial charge in [-0.15, -0.1) is 23.1 Å². The van der Waals surface area contributed by atoms with Crippen molar-refractivity contribution in [3.8, 4) is 11.5 Å². The highest BCUT2D eigenvalue weighted by atomic mass is 35.5. The van der Waals surface area contributed by atoms with E-state index in [1.54, 1.807) is 0 Å². The van der Waals surface area contributed by atoms with Gasteiger partial charge in [-0.25, -0.2) is 0 Å². The molecule has 0 fully saturated rings. The van der Waals surface area contributed by atoms with Crippen molar-refractivity contribution in [1.29, 1.82) is 0 Å². The van der Waals surface area contributed by atoms with Crippen LogP contribution < -0.4 is 10.4 Å². The van der Waals surface area contributed by atoms with Crippen molar-refractivity contribution in [2.75, 3.05) is 5.88 Å². The van der Waals surface area contributed by atoms with E-state index in [2.05, 4.69) is 78.7 Å². The smallest absolute Gasteiger partial charge is 0.127 e. The summed E-state index contributed by atoms with van der Waals surface area (Å²) in [5.41, 5.74) is 3.63. The molecule has 0 radical (unpaired) electrons. The first-order valence-corrected chi connectivity index (χ1v) is 10.5. The van der Waals surface area contributed by atoms with E-state index < -0.39 is 8.07 Å². The van der Waals surface area contributed by atoms with Gasteiger partial charge >= 0.3 is 0 Å². The summed E-state index contributed by atoms with van der Waals surface area (Å²) in [5, 5.41) is 2.75. The third-order valence-electron chi connectivity index (χ3n) is 3.73. The first-order valence-electron chi connectivity index (χ1n) is 7.44. The van der Waals surface area contributed by atoms with Crippen LogP contribution in [0.1, 0.15) is 19.3 Å². The van der Waals surface area contributed by atoms with E-state index in [1.807, 2.05) is 0 Å². The number of rotatable bonds is 5. The van der Waals surface area contributed by atoms with Crippen molar-refractivity contribution in [3.63, 3.8) is 0 Å². The maximum atomic E-state index is 5.72. The Kier molecular flexibility index (Phi) is 6.11. The Morgan fingerprint density at radius 1 is 0.857 bits per heavy atom. The van der Waals surface area contributed by atoms with Gasteiger partial charge in [-0.3, -0.25) is 0 Å². The summed E-state index contributed by atoms with van der Waals surface area (Å²) in [4.78, 5) is 0. The summed E-state index contributed by atoms with van der Waals surface area (Å²) in [7, 11) is -1.96. The molecule has 0 heterocycles. The van der Waals surface area contributed by atoms with Crippen molar-refractivity contribution >= 4 is 30.0 Å². The van der Waals surface area contributed by atoms with Gasteiger partial charge in [0.1, 0.15) is 0 Å². The lowest BCUT2D eigenvalue weighted by Crippen LogP contribution is -2.54. The van der Waals surface area contributed by atoms with E-state index in [9.17, 15) is 0 Å². The minimum absolute atomic E-state index is 0.730. The quantitative estimate of drug-likeness (QED) is 0.341. The molecule has 0 bridgehead atoms. The first-order chi connectivity index (χ1) is 10.3. The molecule has 0 aromatic heterocycles. The van der Waals surface area contributed by atoms with Crippen LogP contribution in [0.2, 0.25) is 6.55 Å². The summed E-state index contributed by atoms with van der Waals surface area (Å²) >= 11 is 5.72. The first kappa shape index (κ1) is 15.9. The molecule has 0 nitrogen and oxygen atoms in total. The van der Waals surface area contributed by atoms with Crippen molar-refractivity contribution in [2.24, 2.45) is 0 Å². The van der Waals surface area contributed by atoms with Gasteiger partial charge < -0.3 is 0 Å². The Bertz CT molecular complexity index is 556. The fourth-order valence-electron chi connectivity index (χ4n) is 2.40. The zero-order valence-corrected chi connectivity index (χ0v) is 14.2. The van der Waals surface area contributed by atoms with E-state index in [1.165, 1.54) is 10.4 Å². The van der Waals surface area contributed by atoms with Gasteiger partial charge in [-0.05, 0) is 23.2 Å². The molecular formula is C19H21ClSi. The molecule has 2 heteroatoms. The number of unbranched alkanes of at least 4 members (excludes halogenated alkanes) is 2. The predicted octanol–water partition coefficient (Wildman–Crippen LogP) is 3.83. The Labute approximate surface area is 134 Å². The van der Waals surface area contributed by atoms with Gasteiger partial charge in [0.05, 0.1) is 0 Å². The molecule has 108 valence electrons. The molecule has 2 aromatic rings. The molecule has 0 unspecified atom stereocenters. The van der Waals surface area contributed by atoms with Crippen LogP contribution in [-0.4, -0.2) is 14.0 Å². The third kappa shape index (κ3) is 4.23. The lowest BCUT2D eigenvalue weighted by Gasteiger charge is -2.22. The minimum Gasteiger partial charge on any atom is -0.127 e. The molecule has 0 N–H and O–H groups in total. The van der Waals surface area contributed by atoms with Crippen LogP contribution in [-0.2, 0) is 0 Å². The average molecular weight is 313 g/mol. The molecule has 0 aliphatic rings. The molecule has 0 saturated carbocycles. The van der Waals surface area contributed by atoms with Gasteiger partial charge in [0.15, 0.2) is 8.07 Å². The molecule has 2 aromatic carbocycles. The third-order valence-corrected chi connectivity index (χ3v) is 7.65. The Morgan fingerprint density at radius 2 is 1.38 bits per heavy atom. The number of halogens is 1. The minimum atomic E-state index is -1.96. The van der Waals surface area contributed by atoms with Crippen LogP contribution in [0, 0.1) is 11.5 Å². The standard InChI is InChI=1S/C19H21ClSi/c1-21(17-11-3-2-10-16-20,18-12-6-4-7-13-18)19-14-8-5-9-15-19/h4-9,12-15H,2-3,10,16H2,1H3. The lowest BCUT2D eigenvalue weighted by atomic mass is 10.3. The van der Waals surface area contributed by atoms with Crippen LogP contribution in [0.15, 0.2) is 60.7 Å². The topological polar surface area (TPSA) is 0 Å². The summed E-state index contributed by atoms with van der Waals surface area (Å²) in [5.74, 6) is 4.14. The van der Waals surface area contributed by atoms with Crippen LogP contribution in [0.25, 0.3) is 0 Å². The molecular weight excluding hydrogens is 292 g/mol. The van der Waals surface area contributed by atoms with Crippen molar-refractivity contribution < 1.29 is 0 Å². The van der Waals surface area contributed by atoms with Gasteiger partial charge in [0, 0.05) is 12.3 Å². The second-order valence-corrected chi connectivity index (χ2v) is 9.34. The highest BCUT2D eigenvalue weighted by molar-refractivity contribution is 7.07. The predicted molar refractivity (Wildman–Crippen MR) is 96.1 cm³/mol. The molecule has 2 rings (SSSR count). The van der Waals surface area contributed by atoms with E-state index in [0.717, 1.165) is 25.1 Å². The maximum absolute atomic E-state index is 5.72. The SMILES string of the molecule is C[Si](C#CCCCCCl)(c1ccccc1)c1ccccc1. The molecule has 21 heavy (non-hydrogen) atoms. The summed E-state index contributed by atoms with van der Waals surface area (Å²) in [6.07, 6.45) is 3.07. The van der Waals surface area contributed by atoms with Crippen molar-refractivity contribution in [3.05, 3.63) is 60.7 Å². The largest absolute Gasteiger partial charge is 0.196 e. The zero-order valence-electron chi connectivity index (χ0n) is 12.5. The molecule has 0 spiro atoms. The maximum Gasteiger partial charge on any atom is 0.196 e. The monoisotopic (exact) mass is 312 g/mol. The second kappa shape index (κ2) is 8.07. The lowest BCUT2D eigenvalue weighted by molar-refractivity contribution is 0.834. The molecule has 0 saturated heterocycles. The number of hydrogen-bond donors (Lipinski definition) is 0.